The minimum atomic E-state index is -4.32. The number of aromatic nitrogens is 2. The minimum Gasteiger partial charge on any atom is -0.340 e. The highest BCUT2D eigenvalue weighted by Gasteiger charge is 2.42. The van der Waals surface area contributed by atoms with Crippen LogP contribution in [0.2, 0.25) is 0 Å². The second-order valence-corrected chi connectivity index (χ2v) is 6.98. The molecule has 0 aliphatic heterocycles. The van der Waals surface area contributed by atoms with Gasteiger partial charge in [0, 0.05) is 17.8 Å². The van der Waals surface area contributed by atoms with E-state index in [-0.39, 0.29) is 11.5 Å². The Kier molecular flexibility index (Phi) is 4.97. The lowest BCUT2D eigenvalue weighted by molar-refractivity contribution is -0.161. The van der Waals surface area contributed by atoms with Crippen LogP contribution in [0.4, 0.5) is 24.7 Å². The number of nitrogens with zero attached hydrogens (tertiary/aromatic N) is 2. The predicted molar refractivity (Wildman–Crippen MR) is 96.7 cm³/mol. The standard InChI is InChI=1S/C17H14BrClF3N3/c1-25-16(14(18)9-23-25)24-12-5-2-10(3-6-12)11-4-7-13(15(19)8-11)17(20,21)22/h2-6,8-9,13,24H,7H2,1H3. The van der Waals surface area contributed by atoms with Gasteiger partial charge in [0.1, 0.15) is 5.82 Å². The van der Waals surface area contributed by atoms with E-state index >= 15 is 0 Å². The van der Waals surface area contributed by atoms with Crippen LogP contribution in [0.15, 0.2) is 52.1 Å². The molecule has 1 aliphatic rings. The smallest absolute Gasteiger partial charge is 0.340 e. The van der Waals surface area contributed by atoms with Crippen LogP contribution in [0.25, 0.3) is 5.57 Å². The molecule has 1 atom stereocenters. The SMILES string of the molecule is Cn1ncc(Br)c1Nc1ccc(C2=CCC(C(F)(F)F)C(Cl)=C2)cc1. The van der Waals surface area contributed by atoms with Gasteiger partial charge in [-0.3, -0.25) is 4.68 Å². The number of hydrogen-bond donors (Lipinski definition) is 1. The Labute approximate surface area is 156 Å². The molecular formula is C17H14BrClF3N3. The van der Waals surface area contributed by atoms with E-state index in [0.29, 0.717) is 5.57 Å². The van der Waals surface area contributed by atoms with Gasteiger partial charge in [-0.1, -0.05) is 29.8 Å². The fourth-order valence-electron chi connectivity index (χ4n) is 2.59. The number of aryl methyl sites for hydroxylation is 1. The van der Waals surface area contributed by atoms with Gasteiger partial charge in [-0.15, -0.1) is 0 Å². The first-order valence-corrected chi connectivity index (χ1v) is 8.61. The fraction of sp³-hybridized carbons (Fsp3) is 0.235. The molecule has 1 heterocycles. The maximum Gasteiger partial charge on any atom is 0.396 e. The van der Waals surface area contributed by atoms with E-state index in [9.17, 15) is 13.2 Å². The topological polar surface area (TPSA) is 29.9 Å². The fourth-order valence-corrected chi connectivity index (χ4v) is 3.37. The lowest BCUT2D eigenvalue weighted by atomic mass is 9.92. The monoisotopic (exact) mass is 431 g/mol. The van der Waals surface area contributed by atoms with Crippen molar-refractivity contribution < 1.29 is 13.2 Å². The van der Waals surface area contributed by atoms with Crippen LogP contribution in [-0.2, 0) is 7.05 Å². The van der Waals surface area contributed by atoms with E-state index in [0.717, 1.165) is 21.5 Å². The van der Waals surface area contributed by atoms with E-state index in [1.54, 1.807) is 17.0 Å². The van der Waals surface area contributed by atoms with Crippen molar-refractivity contribution >= 4 is 44.6 Å². The summed E-state index contributed by atoms with van der Waals surface area (Å²) in [5.74, 6) is -0.804. The quantitative estimate of drug-likeness (QED) is 0.643. The van der Waals surface area contributed by atoms with Crippen molar-refractivity contribution in [1.82, 2.24) is 9.78 Å². The van der Waals surface area contributed by atoms with Crippen LogP contribution in [0.1, 0.15) is 12.0 Å². The summed E-state index contributed by atoms with van der Waals surface area (Å²) in [7, 11) is 1.82. The van der Waals surface area contributed by atoms with E-state index in [4.69, 9.17) is 11.6 Å². The Morgan fingerprint density at radius 1 is 1.28 bits per heavy atom. The molecule has 1 aromatic carbocycles. The number of hydrogen-bond acceptors (Lipinski definition) is 2. The van der Waals surface area contributed by atoms with Gasteiger partial charge >= 0.3 is 6.18 Å². The van der Waals surface area contributed by atoms with Gasteiger partial charge in [-0.25, -0.2) is 0 Å². The third-order valence-electron chi connectivity index (χ3n) is 3.97. The van der Waals surface area contributed by atoms with Gasteiger partial charge < -0.3 is 5.32 Å². The van der Waals surface area contributed by atoms with Crippen molar-refractivity contribution in [1.29, 1.82) is 0 Å². The second kappa shape index (κ2) is 6.88. The molecular weight excluding hydrogens is 419 g/mol. The second-order valence-electron chi connectivity index (χ2n) is 5.69. The highest BCUT2D eigenvalue weighted by Crippen LogP contribution is 2.41. The Bertz CT molecular complexity index is 818. The molecule has 0 amide bonds. The summed E-state index contributed by atoms with van der Waals surface area (Å²) in [5, 5.41) is 7.18. The molecule has 3 rings (SSSR count). The van der Waals surface area contributed by atoms with Gasteiger partial charge in [0.05, 0.1) is 16.6 Å². The van der Waals surface area contributed by atoms with E-state index in [1.165, 1.54) is 6.08 Å². The normalized spacial score (nSPS) is 17.9. The summed E-state index contributed by atoms with van der Waals surface area (Å²) >= 11 is 9.26. The number of anilines is 2. The molecule has 0 saturated carbocycles. The van der Waals surface area contributed by atoms with Crippen molar-refractivity contribution in [3.8, 4) is 0 Å². The first kappa shape index (κ1) is 18.1. The van der Waals surface area contributed by atoms with Crippen LogP contribution in [0, 0.1) is 5.92 Å². The Hall–Kier alpha value is -1.73. The molecule has 0 spiro atoms. The van der Waals surface area contributed by atoms with E-state index < -0.39 is 12.1 Å². The molecule has 0 saturated heterocycles. The maximum atomic E-state index is 12.8. The van der Waals surface area contributed by atoms with Crippen molar-refractivity contribution in [3.63, 3.8) is 0 Å². The molecule has 25 heavy (non-hydrogen) atoms. The lowest BCUT2D eigenvalue weighted by Gasteiger charge is -2.22. The van der Waals surface area contributed by atoms with Gasteiger partial charge in [0.2, 0.25) is 0 Å². The zero-order chi connectivity index (χ0) is 18.2. The Balaban J connectivity index is 1.77. The highest BCUT2D eigenvalue weighted by atomic mass is 79.9. The van der Waals surface area contributed by atoms with Crippen molar-refractivity contribution in [2.75, 3.05) is 5.32 Å². The molecule has 1 aromatic heterocycles. The Morgan fingerprint density at radius 3 is 2.48 bits per heavy atom. The first-order valence-electron chi connectivity index (χ1n) is 7.44. The van der Waals surface area contributed by atoms with E-state index in [1.807, 2.05) is 31.3 Å². The van der Waals surface area contributed by atoms with Crippen molar-refractivity contribution in [2.24, 2.45) is 13.0 Å². The van der Waals surface area contributed by atoms with Crippen LogP contribution in [-0.4, -0.2) is 16.0 Å². The number of nitrogens with one attached hydrogen (secondary N) is 1. The predicted octanol–water partition coefficient (Wildman–Crippen LogP) is 6.01. The zero-order valence-corrected chi connectivity index (χ0v) is 15.5. The number of alkyl halides is 3. The maximum absolute atomic E-state index is 12.8. The van der Waals surface area contributed by atoms with Crippen molar-refractivity contribution in [3.05, 3.63) is 57.7 Å². The largest absolute Gasteiger partial charge is 0.396 e. The number of halogens is 5. The van der Waals surface area contributed by atoms with Crippen LogP contribution in [0.5, 0.6) is 0 Å². The summed E-state index contributed by atoms with van der Waals surface area (Å²) in [4.78, 5) is 0. The molecule has 1 N–H and O–H groups in total. The Morgan fingerprint density at radius 2 is 1.96 bits per heavy atom. The van der Waals surface area contributed by atoms with Crippen LogP contribution >= 0.6 is 27.5 Å². The van der Waals surface area contributed by atoms with Crippen LogP contribution in [0.3, 0.4) is 0 Å². The van der Waals surface area contributed by atoms with Gasteiger partial charge in [-0.05, 0) is 51.7 Å². The summed E-state index contributed by atoms with van der Waals surface area (Å²) in [5.41, 5.74) is 2.35. The molecule has 1 aliphatic carbocycles. The molecule has 1 unspecified atom stereocenters. The molecule has 0 bridgehead atoms. The zero-order valence-electron chi connectivity index (χ0n) is 13.1. The first-order chi connectivity index (χ1) is 11.8. The summed E-state index contributed by atoms with van der Waals surface area (Å²) in [6.07, 6.45) is 0.191. The molecule has 3 nitrogen and oxygen atoms in total. The number of benzene rings is 1. The van der Waals surface area contributed by atoms with Crippen LogP contribution < -0.4 is 5.32 Å². The summed E-state index contributed by atoms with van der Waals surface area (Å²) in [6, 6.07) is 7.39. The van der Waals surface area contributed by atoms with Crippen molar-refractivity contribution in [2.45, 2.75) is 12.6 Å². The number of rotatable bonds is 3. The van der Waals surface area contributed by atoms with Gasteiger partial charge in [0.15, 0.2) is 0 Å². The average molecular weight is 433 g/mol. The summed E-state index contributed by atoms with van der Waals surface area (Å²) in [6.45, 7) is 0. The lowest BCUT2D eigenvalue weighted by Crippen LogP contribution is -2.24. The molecule has 2 aromatic rings. The average Bonchev–Trinajstić information content (AvgIpc) is 2.86. The molecule has 8 heteroatoms. The third-order valence-corrected chi connectivity index (χ3v) is 4.92. The summed E-state index contributed by atoms with van der Waals surface area (Å²) < 4.78 is 41.1. The van der Waals surface area contributed by atoms with Gasteiger partial charge in [0.25, 0.3) is 0 Å². The molecule has 0 fully saturated rings. The number of allylic oxidation sites excluding steroid dienone is 4. The van der Waals surface area contributed by atoms with Gasteiger partial charge in [-0.2, -0.15) is 18.3 Å². The van der Waals surface area contributed by atoms with E-state index in [2.05, 4.69) is 26.3 Å². The molecule has 132 valence electrons. The third kappa shape index (κ3) is 3.93. The molecule has 0 radical (unpaired) electrons. The minimum absolute atomic E-state index is 0.143. The highest BCUT2D eigenvalue weighted by molar-refractivity contribution is 9.10.